The number of nitrogens with zero attached hydrogens (tertiary/aromatic N) is 2. The van der Waals surface area contributed by atoms with Crippen LogP contribution in [-0.2, 0) is 0 Å². The van der Waals surface area contributed by atoms with Crippen LogP contribution in [0.15, 0.2) is 47.7 Å². The second-order valence-electron chi connectivity index (χ2n) is 8.17. The Morgan fingerprint density at radius 2 is 1.81 bits per heavy atom. The van der Waals surface area contributed by atoms with Gasteiger partial charge in [-0.1, -0.05) is 48.8 Å². The van der Waals surface area contributed by atoms with Gasteiger partial charge in [0.15, 0.2) is 0 Å². The average molecular weight is 344 g/mol. The minimum absolute atomic E-state index is 0.462. The molecular weight excluding hydrogens is 315 g/mol. The van der Waals surface area contributed by atoms with E-state index in [9.17, 15) is 0 Å². The molecule has 0 bridgehead atoms. The molecule has 26 heavy (non-hydrogen) atoms. The van der Waals surface area contributed by atoms with Gasteiger partial charge in [0.2, 0.25) is 0 Å². The van der Waals surface area contributed by atoms with Gasteiger partial charge in [0.25, 0.3) is 0 Å². The molecule has 0 unspecified atom stereocenters. The quantitative estimate of drug-likeness (QED) is 0.564. The SMILES string of the molecule is CC(C)n1cc[n+](C(C)C)c1[B-]C1=C2C(=Cc3ccccc32)CCCC1. The molecule has 0 fully saturated rings. The molecule has 2 aromatic rings. The predicted octanol–water partition coefficient (Wildman–Crippen LogP) is 4.65. The third kappa shape index (κ3) is 2.98. The highest BCUT2D eigenvalue weighted by Gasteiger charge is 2.21. The Kier molecular flexibility index (Phi) is 4.64. The van der Waals surface area contributed by atoms with Crippen LogP contribution in [0.25, 0.3) is 11.6 Å². The molecule has 0 N–H and O–H groups in total. The van der Waals surface area contributed by atoms with Crippen molar-refractivity contribution < 1.29 is 4.57 Å². The first-order valence-electron chi connectivity index (χ1n) is 10.1. The normalized spacial score (nSPS) is 16.8. The Bertz CT molecular complexity index is 858. The van der Waals surface area contributed by atoms with Gasteiger partial charge in [-0.3, -0.25) is 14.6 Å². The first-order chi connectivity index (χ1) is 12.6. The van der Waals surface area contributed by atoms with Crippen LogP contribution in [0.1, 0.15) is 76.6 Å². The van der Waals surface area contributed by atoms with Crippen molar-refractivity contribution in [2.75, 3.05) is 0 Å². The molecule has 2 aliphatic carbocycles. The number of aromatic nitrogens is 2. The first kappa shape index (κ1) is 17.4. The summed E-state index contributed by atoms with van der Waals surface area (Å²) in [6.07, 6.45) is 11.8. The van der Waals surface area contributed by atoms with Crippen LogP contribution in [0, 0.1) is 0 Å². The topological polar surface area (TPSA) is 8.81 Å². The largest absolute Gasteiger partial charge is 0.280 e. The van der Waals surface area contributed by atoms with E-state index < -0.39 is 0 Å². The lowest BCUT2D eigenvalue weighted by atomic mass is 9.63. The molecule has 0 atom stereocenters. The van der Waals surface area contributed by atoms with Crippen LogP contribution in [-0.4, -0.2) is 11.8 Å². The maximum Gasteiger partial charge on any atom is 0.126 e. The second-order valence-corrected chi connectivity index (χ2v) is 8.17. The van der Waals surface area contributed by atoms with Gasteiger partial charge in [-0.25, -0.2) is 0 Å². The maximum atomic E-state index is 2.47. The summed E-state index contributed by atoms with van der Waals surface area (Å²) in [6.45, 7) is 9.07. The summed E-state index contributed by atoms with van der Waals surface area (Å²) in [4.78, 5) is 0. The van der Waals surface area contributed by atoms with Crippen LogP contribution in [0.2, 0.25) is 0 Å². The lowest BCUT2D eigenvalue weighted by molar-refractivity contribution is -0.699. The zero-order valence-corrected chi connectivity index (χ0v) is 16.5. The minimum atomic E-state index is 0.462. The predicted molar refractivity (Wildman–Crippen MR) is 111 cm³/mol. The van der Waals surface area contributed by atoms with E-state index in [1.54, 1.807) is 0 Å². The number of hydrogen-bond donors (Lipinski definition) is 0. The lowest BCUT2D eigenvalue weighted by Gasteiger charge is -2.26. The first-order valence-corrected chi connectivity index (χ1v) is 10.1. The zero-order valence-electron chi connectivity index (χ0n) is 16.5. The highest BCUT2D eigenvalue weighted by molar-refractivity contribution is 6.60. The van der Waals surface area contributed by atoms with Crippen molar-refractivity contribution in [3.8, 4) is 0 Å². The van der Waals surface area contributed by atoms with Crippen molar-refractivity contribution in [1.29, 1.82) is 0 Å². The van der Waals surface area contributed by atoms with E-state index in [1.165, 1.54) is 59.2 Å². The molecule has 1 heterocycles. The van der Waals surface area contributed by atoms with Crippen molar-refractivity contribution in [1.82, 2.24) is 4.57 Å². The summed E-state index contributed by atoms with van der Waals surface area (Å²) in [5.74, 6) is 0. The van der Waals surface area contributed by atoms with E-state index in [2.05, 4.69) is 86.8 Å². The highest BCUT2D eigenvalue weighted by Crippen LogP contribution is 2.42. The molecule has 1 aromatic heterocycles. The number of allylic oxidation sites excluding steroid dienone is 3. The Hall–Kier alpha value is -2.03. The van der Waals surface area contributed by atoms with Crippen LogP contribution in [0.5, 0.6) is 0 Å². The van der Waals surface area contributed by atoms with Crippen molar-refractivity contribution in [2.24, 2.45) is 0 Å². The minimum Gasteiger partial charge on any atom is -0.280 e. The molecule has 2 aliphatic rings. The van der Waals surface area contributed by atoms with Crippen LogP contribution < -0.4 is 10.3 Å². The molecule has 0 saturated carbocycles. The molecule has 134 valence electrons. The van der Waals surface area contributed by atoms with E-state index in [0.29, 0.717) is 12.1 Å². The monoisotopic (exact) mass is 344 g/mol. The van der Waals surface area contributed by atoms with Crippen molar-refractivity contribution in [3.05, 3.63) is 58.8 Å². The van der Waals surface area contributed by atoms with Gasteiger partial charge in [0.1, 0.15) is 12.4 Å². The van der Waals surface area contributed by atoms with Crippen molar-refractivity contribution in [3.63, 3.8) is 0 Å². The molecule has 0 amide bonds. The van der Waals surface area contributed by atoms with Gasteiger partial charge < -0.3 is 0 Å². The van der Waals surface area contributed by atoms with Gasteiger partial charge in [-0.2, -0.15) is 7.28 Å². The number of hydrogen-bond acceptors (Lipinski definition) is 0. The molecule has 4 rings (SSSR count). The zero-order chi connectivity index (χ0) is 18.3. The summed E-state index contributed by atoms with van der Waals surface area (Å²) < 4.78 is 4.81. The van der Waals surface area contributed by atoms with E-state index >= 15 is 0 Å². The standard InChI is InChI=1S/C23H29BN2/c1-16(2)25-13-14-26(17(3)4)23(25)24-21-12-8-6-10-19-15-18-9-5-7-11-20(18)22(19)21/h5,7,9,11,13-17H,6,8,10,12H2,1-4H3. The number of benzene rings is 1. The Labute approximate surface area is 158 Å². The fraction of sp³-hybridized carbons (Fsp3) is 0.435. The summed E-state index contributed by atoms with van der Waals surface area (Å²) in [6, 6.07) is 9.81. The summed E-state index contributed by atoms with van der Waals surface area (Å²) >= 11 is 0. The molecule has 2 nitrogen and oxygen atoms in total. The third-order valence-corrected chi connectivity index (χ3v) is 5.68. The Morgan fingerprint density at radius 1 is 1.04 bits per heavy atom. The Balaban J connectivity index is 1.83. The molecule has 1 aromatic carbocycles. The van der Waals surface area contributed by atoms with E-state index in [1.807, 2.05) is 0 Å². The smallest absolute Gasteiger partial charge is 0.126 e. The van der Waals surface area contributed by atoms with Gasteiger partial charge in [-0.05, 0) is 57.2 Å². The summed E-state index contributed by atoms with van der Waals surface area (Å²) in [5.41, 5.74) is 8.69. The second kappa shape index (κ2) is 6.94. The Morgan fingerprint density at radius 3 is 2.58 bits per heavy atom. The number of imidazole rings is 1. The molecule has 2 radical (unpaired) electrons. The van der Waals surface area contributed by atoms with Crippen LogP contribution in [0.3, 0.4) is 0 Å². The van der Waals surface area contributed by atoms with Crippen molar-refractivity contribution in [2.45, 2.75) is 65.5 Å². The van der Waals surface area contributed by atoms with Gasteiger partial charge in [-0.15, -0.1) is 0 Å². The molecule has 3 heteroatoms. The highest BCUT2D eigenvalue weighted by atomic mass is 15.2. The number of rotatable bonds is 4. The molecule has 0 saturated heterocycles. The van der Waals surface area contributed by atoms with Gasteiger partial charge in [0, 0.05) is 5.72 Å². The van der Waals surface area contributed by atoms with Crippen LogP contribution in [0.4, 0.5) is 0 Å². The van der Waals surface area contributed by atoms with E-state index in [0.717, 1.165) is 0 Å². The molecular formula is C23H29BN2. The number of fused-ring (bicyclic) bond motifs is 3. The third-order valence-electron chi connectivity index (χ3n) is 5.68. The average Bonchev–Trinajstić information content (AvgIpc) is 3.13. The van der Waals surface area contributed by atoms with Crippen LogP contribution >= 0.6 is 0 Å². The van der Waals surface area contributed by atoms with E-state index in [-0.39, 0.29) is 0 Å². The van der Waals surface area contributed by atoms with Gasteiger partial charge in [0.05, 0.1) is 12.1 Å². The summed E-state index contributed by atoms with van der Waals surface area (Å²) in [7, 11) is 2.47. The van der Waals surface area contributed by atoms with E-state index in [4.69, 9.17) is 0 Å². The summed E-state index contributed by atoms with van der Waals surface area (Å²) in [5, 5.41) is 0. The maximum absolute atomic E-state index is 2.47. The fourth-order valence-corrected chi connectivity index (χ4v) is 4.37. The molecule has 0 aliphatic heterocycles. The van der Waals surface area contributed by atoms with Crippen molar-refractivity contribution >= 4 is 24.7 Å². The van der Waals surface area contributed by atoms with Gasteiger partial charge >= 0.3 is 0 Å². The molecule has 0 spiro atoms. The lowest BCUT2D eigenvalue weighted by Crippen LogP contribution is -2.55. The fourth-order valence-electron chi connectivity index (χ4n) is 4.37.